The van der Waals surface area contributed by atoms with E-state index in [0.717, 1.165) is 10.9 Å². The number of benzene rings is 1. The molecule has 1 aromatic carbocycles. The van der Waals surface area contributed by atoms with E-state index in [4.69, 9.17) is 11.8 Å². The molecule has 3 N–H and O–H groups in total. The number of hydrogen-bond donors (Lipinski definition) is 2. The van der Waals surface area contributed by atoms with Gasteiger partial charge in [0, 0.05) is 25.6 Å². The van der Waals surface area contributed by atoms with Crippen molar-refractivity contribution in [2.24, 2.45) is 5.73 Å². The van der Waals surface area contributed by atoms with Gasteiger partial charge in [0.05, 0.1) is 14.5 Å². The maximum atomic E-state index is 12.6. The first-order chi connectivity index (χ1) is 12.5. The molecule has 0 aliphatic carbocycles. The number of fused-ring (bicyclic) bond motifs is 1. The van der Waals surface area contributed by atoms with Crippen molar-refractivity contribution < 1.29 is 25.6 Å². The molecule has 2 amide bonds. The van der Waals surface area contributed by atoms with E-state index in [1.54, 1.807) is 0 Å². The number of phenolic OH excluding ortho intramolecular Hbond substituents is 1. The third-order valence-electron chi connectivity index (χ3n) is 4.23. The van der Waals surface area contributed by atoms with Gasteiger partial charge in [0.25, 0.3) is 5.91 Å². The molecule has 0 fully saturated rings. The number of nitrogens with zero attached hydrogens (tertiary/aromatic N) is 1. The molecule has 2 rings (SSSR count). The molecule has 1 unspecified atom stereocenters. The molecule has 0 radical (unpaired) electrons. The summed E-state index contributed by atoms with van der Waals surface area (Å²) in [4.78, 5) is 37.6. The van der Waals surface area contributed by atoms with Crippen LogP contribution in [0.1, 0.15) is 30.1 Å². The monoisotopic (exact) mass is 379 g/mol. The topological polar surface area (TPSA) is 110 Å². The van der Waals surface area contributed by atoms with E-state index in [0.29, 0.717) is 12.2 Å². The molecule has 1 aliphatic rings. The van der Waals surface area contributed by atoms with Gasteiger partial charge in [0.2, 0.25) is 5.91 Å². The highest BCUT2D eigenvalue weighted by molar-refractivity contribution is 6.76. The van der Waals surface area contributed by atoms with E-state index in [9.17, 15) is 19.5 Å². The minimum Gasteiger partial charge on any atom is -0.508 e. The largest absolute Gasteiger partial charge is 0.508 e. The average Bonchev–Trinajstić information content (AvgIpc) is 2.90. The molecule has 0 saturated heterocycles. The van der Waals surface area contributed by atoms with Crippen LogP contribution in [0.5, 0.6) is 5.75 Å². The van der Waals surface area contributed by atoms with Gasteiger partial charge >= 0.3 is 5.97 Å². The second kappa shape index (κ2) is 7.90. The molecule has 26 heavy (non-hydrogen) atoms. The Balaban J connectivity index is 2.06. The Kier molecular flexibility index (Phi) is 5.60. The van der Waals surface area contributed by atoms with Crippen LogP contribution < -0.4 is 5.73 Å². The predicted molar refractivity (Wildman–Crippen MR) is 99.3 cm³/mol. The molecular formula is C18H26N2O5Si. The van der Waals surface area contributed by atoms with Crippen LogP contribution in [0.4, 0.5) is 0 Å². The number of phenols is 1. The van der Waals surface area contributed by atoms with Gasteiger partial charge in [-0.3, -0.25) is 14.4 Å². The Hall–Kier alpha value is -2.35. The van der Waals surface area contributed by atoms with Crippen LogP contribution in [0.25, 0.3) is 0 Å². The number of ether oxygens (including phenoxy) is 1. The second-order valence-electron chi connectivity index (χ2n) is 7.54. The summed E-state index contributed by atoms with van der Waals surface area (Å²) in [6, 6.07) is 3.19. The van der Waals surface area contributed by atoms with E-state index in [-0.39, 0.29) is 30.7 Å². The third-order valence-corrected chi connectivity index (χ3v) is 5.94. The molecule has 0 bridgehead atoms. The fraction of sp³-hybridized carbons (Fsp3) is 0.500. The van der Waals surface area contributed by atoms with Crippen LogP contribution in [0.2, 0.25) is 25.7 Å². The standard InChI is InChI=1S/C18H26N2O5Si/c1-26(2,3)10-9-25-16(22)8-7-14(17(19)23)20-11-13-12(18(20)24)5-4-6-15(13)21/h4-6,14,21H,7-11H2,1-3H3,(H2,19,23)/i14D. The number of primary amides is 1. The van der Waals surface area contributed by atoms with Crippen LogP contribution in [0.15, 0.2) is 18.2 Å². The SMILES string of the molecule is [2H]C(CCC(=O)OCC[Si](C)(C)C)(C(N)=O)N1Cc2c(O)cccc2C1=O. The first-order valence-electron chi connectivity index (χ1n) is 9.04. The highest BCUT2D eigenvalue weighted by Gasteiger charge is 2.36. The van der Waals surface area contributed by atoms with Crippen molar-refractivity contribution in [1.82, 2.24) is 4.90 Å². The first kappa shape index (κ1) is 18.4. The summed E-state index contributed by atoms with van der Waals surface area (Å²) >= 11 is 0. The lowest BCUT2D eigenvalue weighted by molar-refractivity contribution is -0.143. The van der Waals surface area contributed by atoms with Crippen LogP contribution in [-0.4, -0.2) is 48.5 Å². The lowest BCUT2D eigenvalue weighted by atomic mass is 10.1. The van der Waals surface area contributed by atoms with E-state index in [1.807, 2.05) is 0 Å². The van der Waals surface area contributed by atoms with Gasteiger partial charge in [-0.25, -0.2) is 0 Å². The second-order valence-corrected chi connectivity index (χ2v) is 13.2. The van der Waals surface area contributed by atoms with Crippen molar-refractivity contribution in [3.05, 3.63) is 29.3 Å². The zero-order valence-corrected chi connectivity index (χ0v) is 16.4. The predicted octanol–water partition coefficient (Wildman–Crippen LogP) is 1.86. The van der Waals surface area contributed by atoms with Crippen LogP contribution in [0, 0.1) is 0 Å². The number of nitrogens with two attached hydrogens (primary N) is 1. The van der Waals surface area contributed by atoms with Gasteiger partial charge < -0.3 is 20.5 Å². The van der Waals surface area contributed by atoms with Gasteiger partial charge in [-0.15, -0.1) is 0 Å². The number of esters is 1. The maximum absolute atomic E-state index is 12.6. The van der Waals surface area contributed by atoms with Crippen molar-refractivity contribution >= 4 is 25.9 Å². The molecule has 0 aromatic heterocycles. The van der Waals surface area contributed by atoms with Crippen molar-refractivity contribution in [3.8, 4) is 5.75 Å². The lowest BCUT2D eigenvalue weighted by Gasteiger charge is -2.25. The Morgan fingerprint density at radius 2 is 2.12 bits per heavy atom. The summed E-state index contributed by atoms with van der Waals surface area (Å²) in [5.74, 6) is -2.21. The number of aromatic hydroxyl groups is 1. The van der Waals surface area contributed by atoms with Crippen molar-refractivity contribution in [3.63, 3.8) is 0 Å². The Morgan fingerprint density at radius 3 is 2.69 bits per heavy atom. The molecule has 1 heterocycles. The maximum Gasteiger partial charge on any atom is 0.305 e. The van der Waals surface area contributed by atoms with E-state index >= 15 is 0 Å². The fourth-order valence-corrected chi connectivity index (χ4v) is 3.40. The number of rotatable bonds is 8. The molecule has 1 atom stereocenters. The molecule has 142 valence electrons. The summed E-state index contributed by atoms with van der Waals surface area (Å²) in [7, 11) is -1.34. The number of amides is 2. The Morgan fingerprint density at radius 1 is 1.42 bits per heavy atom. The fourth-order valence-electron chi connectivity index (χ4n) is 2.69. The summed E-state index contributed by atoms with van der Waals surface area (Å²) < 4.78 is 13.6. The minimum atomic E-state index is -2.10. The van der Waals surface area contributed by atoms with E-state index in [1.165, 1.54) is 18.2 Å². The van der Waals surface area contributed by atoms with Gasteiger partial charge in [-0.2, -0.15) is 0 Å². The van der Waals surface area contributed by atoms with Gasteiger partial charge in [0.15, 0.2) is 0 Å². The molecule has 8 heteroatoms. The van der Waals surface area contributed by atoms with Crippen LogP contribution in [0.3, 0.4) is 0 Å². The average molecular weight is 380 g/mol. The number of carbonyl (C=O) groups excluding carboxylic acids is 3. The van der Waals surface area contributed by atoms with Crippen molar-refractivity contribution in [2.45, 2.75) is 51.1 Å². The van der Waals surface area contributed by atoms with E-state index < -0.39 is 31.9 Å². The van der Waals surface area contributed by atoms with Crippen LogP contribution in [-0.2, 0) is 20.9 Å². The molecule has 7 nitrogen and oxygen atoms in total. The van der Waals surface area contributed by atoms with Gasteiger partial charge in [-0.05, 0) is 24.6 Å². The highest BCUT2D eigenvalue weighted by atomic mass is 28.3. The molecule has 1 aromatic rings. The zero-order chi connectivity index (χ0) is 20.4. The normalized spacial score (nSPS) is 16.7. The quantitative estimate of drug-likeness (QED) is 0.529. The number of hydrogen-bond acceptors (Lipinski definition) is 5. The van der Waals surface area contributed by atoms with Crippen molar-refractivity contribution in [1.29, 1.82) is 0 Å². The smallest absolute Gasteiger partial charge is 0.305 e. The lowest BCUT2D eigenvalue weighted by Crippen LogP contribution is -2.45. The minimum absolute atomic E-state index is 0.0825. The first-order valence-corrected chi connectivity index (χ1v) is 12.2. The summed E-state index contributed by atoms with van der Waals surface area (Å²) in [5, 5.41) is 9.93. The summed E-state index contributed by atoms with van der Waals surface area (Å²) in [6.07, 6.45) is -0.473. The highest BCUT2D eigenvalue weighted by Crippen LogP contribution is 2.32. The van der Waals surface area contributed by atoms with Gasteiger partial charge in [0.1, 0.15) is 11.8 Å². The molecule has 0 saturated carbocycles. The zero-order valence-electron chi connectivity index (χ0n) is 16.4. The third kappa shape index (κ3) is 4.84. The Labute approximate surface area is 155 Å². The van der Waals surface area contributed by atoms with E-state index in [2.05, 4.69) is 19.6 Å². The summed E-state index contributed by atoms with van der Waals surface area (Å²) in [5.41, 5.74) is 5.97. The molecule has 0 spiro atoms. The summed E-state index contributed by atoms with van der Waals surface area (Å²) in [6.45, 7) is 6.68. The van der Waals surface area contributed by atoms with Crippen LogP contribution >= 0.6 is 0 Å². The van der Waals surface area contributed by atoms with Gasteiger partial charge in [-0.1, -0.05) is 25.7 Å². The van der Waals surface area contributed by atoms with Crippen molar-refractivity contribution in [2.75, 3.05) is 6.61 Å². The number of carbonyl (C=O) groups is 3. The molecular weight excluding hydrogens is 352 g/mol. The Bertz CT molecular complexity index is 765. The molecule has 1 aliphatic heterocycles.